The Bertz CT molecular complexity index is 319. The van der Waals surface area contributed by atoms with Gasteiger partial charge >= 0.3 is 102 Å². The van der Waals surface area contributed by atoms with Crippen molar-refractivity contribution in [3.05, 3.63) is 21.0 Å². The minimum absolute atomic E-state index is 0. The molecule has 1 amide bonds. The van der Waals surface area contributed by atoms with Gasteiger partial charge in [0.2, 0.25) is 0 Å². The van der Waals surface area contributed by atoms with Gasteiger partial charge in [0.1, 0.15) is 0 Å². The Hall–Kier alpha value is 0.630. The van der Waals surface area contributed by atoms with E-state index in [0.717, 1.165) is 6.42 Å². The molecule has 1 aliphatic carbocycles. The van der Waals surface area contributed by atoms with Gasteiger partial charge in [0, 0.05) is 0 Å². The van der Waals surface area contributed by atoms with E-state index in [2.05, 4.69) is 35.4 Å². The Morgan fingerprint density at radius 2 is 2.06 bits per heavy atom. The van der Waals surface area contributed by atoms with Crippen molar-refractivity contribution in [2.24, 2.45) is 0 Å². The van der Waals surface area contributed by atoms with Crippen LogP contribution in [0.3, 0.4) is 0 Å². The summed E-state index contributed by atoms with van der Waals surface area (Å²) in [6, 6.07) is 0. The molecule has 0 spiro atoms. The zero-order valence-corrected chi connectivity index (χ0v) is 15.9. The normalized spacial score (nSPS) is 13.2. The van der Waals surface area contributed by atoms with Crippen LogP contribution in [0.25, 0.3) is 0 Å². The summed E-state index contributed by atoms with van der Waals surface area (Å²) < 4.78 is 4.94. The van der Waals surface area contributed by atoms with Crippen molar-refractivity contribution in [2.75, 3.05) is 0 Å². The van der Waals surface area contributed by atoms with E-state index in [0.29, 0.717) is 6.42 Å². The molecule has 0 fully saturated rings. The summed E-state index contributed by atoms with van der Waals surface area (Å²) in [6.07, 6.45) is 6.34. The molecule has 0 saturated heterocycles. The van der Waals surface area contributed by atoms with Gasteiger partial charge in [-0.1, -0.05) is 0 Å². The van der Waals surface area contributed by atoms with Crippen molar-refractivity contribution in [1.82, 2.24) is 3.26 Å². The van der Waals surface area contributed by atoms with E-state index in [-0.39, 0.29) is 30.7 Å². The van der Waals surface area contributed by atoms with Crippen molar-refractivity contribution in [2.45, 2.75) is 39.8 Å². The molecule has 6 heteroatoms. The van der Waals surface area contributed by atoms with E-state index in [1.807, 2.05) is 6.92 Å². The average Bonchev–Trinajstić information content (AvgIpc) is 2.60. The van der Waals surface area contributed by atoms with Crippen LogP contribution >= 0.6 is 0 Å². The Kier molecular flexibility index (Phi) is 11.2. The topological polar surface area (TPSA) is 29.1 Å². The predicted molar refractivity (Wildman–Crippen MR) is 63.8 cm³/mol. The summed E-state index contributed by atoms with van der Waals surface area (Å²) >= 11 is -1.73. The Morgan fingerprint density at radius 3 is 2.41 bits per heavy atom. The van der Waals surface area contributed by atoms with Gasteiger partial charge in [0.05, 0.1) is 0 Å². The SMILES string of the molecule is CCC(=O)[NH][Zr+2]([C]1=CC(C)=CC1)[SiH](C)C.[Cl-].[Cl-]. The Morgan fingerprint density at radius 1 is 1.47 bits per heavy atom. The summed E-state index contributed by atoms with van der Waals surface area (Å²) in [4.78, 5) is 11.5. The van der Waals surface area contributed by atoms with Crippen LogP contribution in [0.15, 0.2) is 21.0 Å². The molecular formula is C11H20Cl2NOSiZr. The maximum absolute atomic E-state index is 11.5. The largest absolute Gasteiger partial charge is 1.00 e. The molecule has 1 N–H and O–H groups in total. The number of amides is 1. The molecule has 1 aliphatic rings. The predicted octanol–water partition coefficient (Wildman–Crippen LogP) is -3.73. The van der Waals surface area contributed by atoms with Gasteiger partial charge < -0.3 is 24.8 Å². The number of hydrogen-bond donors (Lipinski definition) is 1. The monoisotopic (exact) mass is 370 g/mol. The number of halogens is 2. The molecule has 0 aromatic rings. The fraction of sp³-hybridized carbons (Fsp3) is 0.545. The van der Waals surface area contributed by atoms with E-state index < -0.39 is 27.1 Å². The van der Waals surface area contributed by atoms with Crippen molar-refractivity contribution < 1.29 is 50.8 Å². The second kappa shape index (κ2) is 9.55. The van der Waals surface area contributed by atoms with Gasteiger partial charge in [-0.15, -0.1) is 0 Å². The number of nitrogens with one attached hydrogen (secondary N) is 1. The molecule has 0 bridgehead atoms. The fourth-order valence-electron chi connectivity index (χ4n) is 1.69. The summed E-state index contributed by atoms with van der Waals surface area (Å²) in [6.45, 7) is 8.83. The molecule has 2 nitrogen and oxygen atoms in total. The Labute approximate surface area is 126 Å². The molecule has 0 saturated carbocycles. The van der Waals surface area contributed by atoms with Crippen LogP contribution in [0.4, 0.5) is 0 Å². The molecule has 0 unspecified atom stereocenters. The molecule has 0 aromatic carbocycles. The number of hydrogen-bond acceptors (Lipinski definition) is 1. The van der Waals surface area contributed by atoms with E-state index in [9.17, 15) is 4.79 Å². The molecule has 0 heterocycles. The first-order valence-electron chi connectivity index (χ1n) is 5.59. The Balaban J connectivity index is 0. The number of rotatable bonds is 4. The van der Waals surface area contributed by atoms with Gasteiger partial charge in [-0.3, -0.25) is 0 Å². The standard InChI is InChI=1S/C6H7.C3H7NO.C2H7Si.2ClH.Zr/c1-6-4-2-3-5-6;1-2-3(4)5;1-3-2;;;/h4-5H,2H2,1H3;2H2,1H3,(H2,4,5);3H,1-2H3;2*1H;/q;;;;;+3/p-3. The zero-order valence-electron chi connectivity index (χ0n) is 10.8. The summed E-state index contributed by atoms with van der Waals surface area (Å²) in [5.74, 6) is -0.413. The third-order valence-corrected chi connectivity index (χ3v) is 19.2. The first-order chi connectivity index (χ1) is 7.04. The molecule has 17 heavy (non-hydrogen) atoms. The second-order valence-electron chi connectivity index (χ2n) is 4.29. The molecule has 0 aromatic heterocycles. The van der Waals surface area contributed by atoms with E-state index >= 15 is 0 Å². The minimum Gasteiger partial charge on any atom is -1.00 e. The third-order valence-electron chi connectivity index (χ3n) is 2.56. The van der Waals surface area contributed by atoms with Crippen LogP contribution < -0.4 is 28.1 Å². The maximum atomic E-state index is 11.5. The smallest absolute Gasteiger partial charge is 1.00 e. The summed E-state index contributed by atoms with van der Waals surface area (Å²) in [5, 5.41) is 0. The molecule has 1 rings (SSSR count). The van der Waals surface area contributed by atoms with Crippen LogP contribution in [0.1, 0.15) is 26.7 Å². The van der Waals surface area contributed by atoms with E-state index in [1.54, 1.807) is 3.28 Å². The number of allylic oxidation sites excluding steroid dienone is 4. The van der Waals surface area contributed by atoms with Gasteiger partial charge in [0.25, 0.3) is 0 Å². The first-order valence-corrected chi connectivity index (χ1v) is 15.2. The number of carbonyl (C=O) groups excluding carboxylic acids is 1. The van der Waals surface area contributed by atoms with Crippen molar-refractivity contribution >= 4 is 11.8 Å². The van der Waals surface area contributed by atoms with Crippen molar-refractivity contribution in [3.8, 4) is 0 Å². The van der Waals surface area contributed by atoms with Gasteiger partial charge in [-0.2, -0.15) is 0 Å². The maximum Gasteiger partial charge on any atom is -1.00 e. The van der Waals surface area contributed by atoms with Crippen LogP contribution in [0.2, 0.25) is 13.1 Å². The molecule has 0 radical (unpaired) electrons. The summed E-state index contributed by atoms with van der Waals surface area (Å²) in [7, 11) is 0. The summed E-state index contributed by atoms with van der Waals surface area (Å²) in [5.41, 5.74) is 1.38. The van der Waals surface area contributed by atoms with Crippen LogP contribution in [0.5, 0.6) is 0 Å². The average molecular weight is 373 g/mol. The molecule has 97 valence electrons. The molecule has 0 aliphatic heterocycles. The third kappa shape index (κ3) is 6.37. The van der Waals surface area contributed by atoms with E-state index in [4.69, 9.17) is 0 Å². The van der Waals surface area contributed by atoms with Gasteiger partial charge in [0.15, 0.2) is 0 Å². The van der Waals surface area contributed by atoms with Gasteiger partial charge in [-0.05, 0) is 0 Å². The van der Waals surface area contributed by atoms with Crippen molar-refractivity contribution in [1.29, 1.82) is 0 Å². The van der Waals surface area contributed by atoms with Gasteiger partial charge in [-0.25, -0.2) is 0 Å². The van der Waals surface area contributed by atoms with Crippen molar-refractivity contribution in [3.63, 3.8) is 0 Å². The fourth-order valence-corrected chi connectivity index (χ4v) is 15.8. The minimum atomic E-state index is -1.73. The molecular weight excluding hydrogens is 352 g/mol. The quantitative estimate of drug-likeness (QED) is 0.505. The number of carbonyl (C=O) groups is 1. The van der Waals surface area contributed by atoms with E-state index in [1.165, 1.54) is 5.57 Å². The molecule has 0 atom stereocenters. The zero-order chi connectivity index (χ0) is 11.4. The van der Waals surface area contributed by atoms with Crippen LogP contribution in [-0.2, 0) is 26.0 Å². The van der Waals surface area contributed by atoms with Crippen LogP contribution in [-0.4, -0.2) is 11.8 Å². The second-order valence-corrected chi connectivity index (χ2v) is 22.8. The first kappa shape index (κ1) is 20.0. The van der Waals surface area contributed by atoms with Crippen LogP contribution in [0, 0.1) is 0 Å².